The Labute approximate surface area is 385 Å². The normalized spacial score (nSPS) is 54.2. The second-order valence-electron chi connectivity index (χ2n) is 30.8. The molecule has 62 heavy (non-hydrogen) atoms. The number of hydrogen-bond acceptors (Lipinski definition) is 1. The fourth-order valence-corrected chi connectivity index (χ4v) is 21.7. The maximum absolute atomic E-state index is 13.0. The molecule has 9 fully saturated rings. The summed E-state index contributed by atoms with van der Waals surface area (Å²) in [5, 5.41) is 13.0. The van der Waals surface area contributed by atoms with Crippen molar-refractivity contribution < 1.29 is 5.11 Å². The molecule has 352 valence electrons. The molecule has 10 rings (SSSR count). The zero-order valence-corrected chi connectivity index (χ0v) is 43.7. The van der Waals surface area contributed by atoms with E-state index in [1.807, 2.05) is 5.57 Å². The smallest absolute Gasteiger partial charge is 0.0608 e. The molecule has 0 aromatic carbocycles. The van der Waals surface area contributed by atoms with Crippen molar-refractivity contribution in [1.82, 2.24) is 0 Å². The Bertz CT molecular complexity index is 1670. The molecule has 0 aliphatic heterocycles. The Kier molecular flexibility index (Phi) is 11.3. The molecule has 0 bridgehead atoms. The zero-order chi connectivity index (χ0) is 44.5. The summed E-state index contributed by atoms with van der Waals surface area (Å²) in [7, 11) is 0. The van der Waals surface area contributed by atoms with Crippen LogP contribution in [0.2, 0.25) is 0 Å². The van der Waals surface area contributed by atoms with Gasteiger partial charge in [0, 0.05) is 0 Å². The third-order valence-corrected chi connectivity index (χ3v) is 24.5. The third kappa shape index (κ3) is 7.14. The Morgan fingerprint density at radius 3 is 1.42 bits per heavy atom. The van der Waals surface area contributed by atoms with Gasteiger partial charge in [-0.15, -0.1) is 0 Å². The largest absolute Gasteiger partial charge is 0.393 e. The molecule has 0 amide bonds. The van der Waals surface area contributed by atoms with Gasteiger partial charge in [-0.1, -0.05) is 122 Å². The first-order chi connectivity index (χ1) is 28.9. The summed E-state index contributed by atoms with van der Waals surface area (Å²) in [6.45, 7) is 42.0. The minimum atomic E-state index is -0.0764. The van der Waals surface area contributed by atoms with E-state index < -0.39 is 0 Å². The first-order valence-corrected chi connectivity index (χ1v) is 28.3. The third-order valence-electron chi connectivity index (χ3n) is 24.5. The molecule has 1 N–H and O–H groups in total. The standard InChI is InChI=1S/C61H102O/c1-31-32(2)49(44-29-36(58(5,6)7)19-27-46(44)60(11,12)13)52(35-17-18-35)42-25-24-40-41-23-21-39-34(4)51-55(45-30-37(59(8,9)10)20-28-47(45)61(14,15)16)56(51)57(62)43-26-22-38(53(41)54(39)43)33(3)50(40)48(31)42/h21,31-38,40-57,62H,17-20,22-30H2,1-16H3. The molecule has 0 spiro atoms. The van der Waals surface area contributed by atoms with Crippen molar-refractivity contribution in [3.05, 3.63) is 11.6 Å². The van der Waals surface area contributed by atoms with Crippen LogP contribution in [0.1, 0.15) is 194 Å². The van der Waals surface area contributed by atoms with Gasteiger partial charge in [-0.05, 0) is 253 Å². The minimum Gasteiger partial charge on any atom is -0.393 e. The first-order valence-electron chi connectivity index (χ1n) is 28.3. The predicted octanol–water partition coefficient (Wildman–Crippen LogP) is 16.1. The molecule has 9 saturated carbocycles. The molecule has 0 heterocycles. The summed E-state index contributed by atoms with van der Waals surface area (Å²) in [6, 6.07) is 0. The highest BCUT2D eigenvalue weighted by Gasteiger charge is 2.70. The zero-order valence-electron chi connectivity index (χ0n) is 43.7. The van der Waals surface area contributed by atoms with Gasteiger partial charge in [0.2, 0.25) is 0 Å². The maximum atomic E-state index is 13.0. The molecule has 0 aromatic heterocycles. The number of fused-ring (bicyclic) bond motifs is 5. The van der Waals surface area contributed by atoms with Crippen molar-refractivity contribution in [2.45, 2.75) is 200 Å². The van der Waals surface area contributed by atoms with E-state index in [0.717, 1.165) is 118 Å². The van der Waals surface area contributed by atoms with E-state index in [1.54, 1.807) is 0 Å². The van der Waals surface area contributed by atoms with Crippen LogP contribution in [-0.4, -0.2) is 11.2 Å². The van der Waals surface area contributed by atoms with E-state index in [-0.39, 0.29) is 6.10 Å². The Balaban J connectivity index is 0.944. The van der Waals surface area contributed by atoms with Crippen LogP contribution in [0, 0.1) is 170 Å². The highest BCUT2D eigenvalue weighted by atomic mass is 16.3. The van der Waals surface area contributed by atoms with Gasteiger partial charge in [0.15, 0.2) is 0 Å². The van der Waals surface area contributed by atoms with Gasteiger partial charge < -0.3 is 5.11 Å². The summed E-state index contributed by atoms with van der Waals surface area (Å²) in [5.41, 5.74) is 3.45. The van der Waals surface area contributed by atoms with E-state index in [1.165, 1.54) is 83.5 Å². The van der Waals surface area contributed by atoms with Gasteiger partial charge in [-0.3, -0.25) is 0 Å². The topological polar surface area (TPSA) is 20.2 Å². The van der Waals surface area contributed by atoms with Crippen LogP contribution in [0.15, 0.2) is 11.6 Å². The van der Waals surface area contributed by atoms with Crippen LogP contribution >= 0.6 is 0 Å². The van der Waals surface area contributed by atoms with Crippen molar-refractivity contribution in [1.29, 1.82) is 0 Å². The van der Waals surface area contributed by atoms with E-state index >= 15 is 0 Å². The molecule has 1 nitrogen and oxygen atoms in total. The number of aliphatic hydroxyl groups excluding tert-OH is 1. The van der Waals surface area contributed by atoms with Crippen molar-refractivity contribution in [2.24, 2.45) is 170 Å². The minimum absolute atomic E-state index is 0.0764. The second-order valence-corrected chi connectivity index (χ2v) is 30.8. The maximum Gasteiger partial charge on any atom is 0.0608 e. The molecule has 0 saturated heterocycles. The Morgan fingerprint density at radius 2 is 0.887 bits per heavy atom. The van der Waals surface area contributed by atoms with E-state index in [4.69, 9.17) is 0 Å². The van der Waals surface area contributed by atoms with Crippen molar-refractivity contribution in [3.63, 3.8) is 0 Å². The van der Waals surface area contributed by atoms with Crippen LogP contribution in [0.5, 0.6) is 0 Å². The number of hydrogen-bond donors (Lipinski definition) is 1. The summed E-state index contributed by atoms with van der Waals surface area (Å²) in [5.74, 6) is 20.8. The van der Waals surface area contributed by atoms with Crippen LogP contribution in [-0.2, 0) is 0 Å². The van der Waals surface area contributed by atoms with Gasteiger partial charge in [-0.2, -0.15) is 0 Å². The van der Waals surface area contributed by atoms with Crippen LogP contribution in [0.25, 0.3) is 0 Å². The molecule has 0 aromatic rings. The van der Waals surface area contributed by atoms with Crippen LogP contribution in [0.3, 0.4) is 0 Å². The fraction of sp³-hybridized carbons (Fsp3) is 0.967. The van der Waals surface area contributed by atoms with Crippen LogP contribution in [0.4, 0.5) is 0 Å². The van der Waals surface area contributed by atoms with Gasteiger partial charge in [0.05, 0.1) is 6.10 Å². The Hall–Kier alpha value is -0.300. The molecular formula is C61H102O. The van der Waals surface area contributed by atoms with Crippen molar-refractivity contribution in [2.75, 3.05) is 0 Å². The highest BCUT2D eigenvalue weighted by molar-refractivity contribution is 5.30. The van der Waals surface area contributed by atoms with Gasteiger partial charge in [-0.25, -0.2) is 0 Å². The lowest BCUT2D eigenvalue weighted by Gasteiger charge is -2.67. The summed E-state index contributed by atoms with van der Waals surface area (Å²) in [4.78, 5) is 0. The van der Waals surface area contributed by atoms with Gasteiger partial charge in [0.1, 0.15) is 0 Å². The molecule has 1 heteroatoms. The lowest BCUT2D eigenvalue weighted by Crippen LogP contribution is -2.62. The molecule has 25 atom stereocenters. The second kappa shape index (κ2) is 15.4. The lowest BCUT2D eigenvalue weighted by atomic mass is 9.38. The number of aliphatic hydroxyl groups is 1. The quantitative estimate of drug-likeness (QED) is 0.281. The van der Waals surface area contributed by atoms with E-state index in [2.05, 4.69) is 117 Å². The molecule has 0 radical (unpaired) electrons. The molecule has 10 aliphatic carbocycles. The summed E-state index contributed by atoms with van der Waals surface area (Å²) in [6.07, 6.45) is 21.7. The highest BCUT2D eigenvalue weighted by Crippen LogP contribution is 2.74. The number of allylic oxidation sites excluding steroid dienone is 2. The molecule has 10 aliphatic rings. The lowest BCUT2D eigenvalue weighted by molar-refractivity contribution is -0.184. The van der Waals surface area contributed by atoms with E-state index in [0.29, 0.717) is 51.2 Å². The fourth-order valence-electron chi connectivity index (χ4n) is 21.7. The van der Waals surface area contributed by atoms with Crippen LogP contribution < -0.4 is 0 Å². The monoisotopic (exact) mass is 851 g/mol. The predicted molar refractivity (Wildman–Crippen MR) is 262 cm³/mol. The van der Waals surface area contributed by atoms with Crippen molar-refractivity contribution >= 4 is 0 Å². The first kappa shape index (κ1) is 45.5. The SMILES string of the molecule is CC1C2=CCC3C4CCC5C(C6CC6)C(C6CC(C(C)(C)C)CCC6C(C)(C)C)C(C)C(C)C5C4C(C)C4CCC(C(O)C5C1C5C1CC(C(C)(C)C)CCC1C(C)(C)C)C2C43. The Morgan fingerprint density at radius 1 is 0.403 bits per heavy atom. The van der Waals surface area contributed by atoms with Crippen molar-refractivity contribution in [3.8, 4) is 0 Å². The van der Waals surface area contributed by atoms with E-state index in [9.17, 15) is 5.11 Å². The summed E-state index contributed by atoms with van der Waals surface area (Å²) < 4.78 is 0. The number of rotatable bonds is 3. The molecule has 25 unspecified atom stereocenters. The average Bonchev–Trinajstić information content (AvgIpc) is 4.13. The average molecular weight is 851 g/mol. The van der Waals surface area contributed by atoms with Gasteiger partial charge >= 0.3 is 0 Å². The van der Waals surface area contributed by atoms with Gasteiger partial charge in [0.25, 0.3) is 0 Å². The molecular weight excluding hydrogens is 749 g/mol. The summed E-state index contributed by atoms with van der Waals surface area (Å²) >= 11 is 0.